The molecule has 0 fully saturated rings. The van der Waals surface area contributed by atoms with Crippen molar-refractivity contribution in [2.75, 3.05) is 5.73 Å². The molecule has 0 unspecified atom stereocenters. The molecule has 2 aromatic carbocycles. The van der Waals surface area contributed by atoms with Gasteiger partial charge in [-0.05, 0) is 36.8 Å². The molecule has 0 bridgehead atoms. The fraction of sp³-hybridized carbons (Fsp3) is 0.0667. The normalized spacial score (nSPS) is 10.6. The van der Waals surface area contributed by atoms with Gasteiger partial charge in [-0.1, -0.05) is 24.3 Å². The zero-order chi connectivity index (χ0) is 13.2. The molecule has 0 aliphatic carbocycles. The third-order valence-corrected chi connectivity index (χ3v) is 2.94. The lowest BCUT2D eigenvalue weighted by atomic mass is 10.1. The van der Waals surface area contributed by atoms with Gasteiger partial charge >= 0.3 is 0 Å². The van der Waals surface area contributed by atoms with Gasteiger partial charge in [-0.25, -0.2) is 0 Å². The molecule has 0 radical (unpaired) electrons. The van der Waals surface area contributed by atoms with Crippen LogP contribution in [-0.4, -0.2) is 10.2 Å². The Hall–Kier alpha value is -2.62. The van der Waals surface area contributed by atoms with Crippen molar-refractivity contribution in [1.29, 1.82) is 0 Å². The highest BCUT2D eigenvalue weighted by atomic mass is 16.4. The van der Waals surface area contributed by atoms with Gasteiger partial charge in [0.1, 0.15) is 0 Å². The van der Waals surface area contributed by atoms with E-state index in [0.29, 0.717) is 17.5 Å². The number of aromatic nitrogens is 2. The molecule has 1 heterocycles. The Morgan fingerprint density at radius 1 is 0.947 bits per heavy atom. The molecule has 0 atom stereocenters. The van der Waals surface area contributed by atoms with Crippen LogP contribution in [0.15, 0.2) is 52.9 Å². The highest BCUT2D eigenvalue weighted by Gasteiger charge is 2.12. The molecule has 0 saturated carbocycles. The number of nitrogens with two attached hydrogens (primary N) is 1. The van der Waals surface area contributed by atoms with Gasteiger partial charge in [0.25, 0.3) is 0 Å². The summed E-state index contributed by atoms with van der Waals surface area (Å²) in [5, 5.41) is 8.17. The molecule has 2 N–H and O–H groups in total. The molecule has 19 heavy (non-hydrogen) atoms. The van der Waals surface area contributed by atoms with Crippen LogP contribution in [0.1, 0.15) is 5.56 Å². The van der Waals surface area contributed by atoms with Gasteiger partial charge in [-0.3, -0.25) is 0 Å². The minimum Gasteiger partial charge on any atom is -0.416 e. The minimum atomic E-state index is 0.489. The summed E-state index contributed by atoms with van der Waals surface area (Å²) < 4.78 is 5.71. The van der Waals surface area contributed by atoms with E-state index >= 15 is 0 Å². The number of nitrogen functional groups attached to an aromatic ring is 1. The predicted molar refractivity (Wildman–Crippen MR) is 74.3 cm³/mol. The van der Waals surface area contributed by atoms with Crippen molar-refractivity contribution in [1.82, 2.24) is 10.2 Å². The molecule has 0 amide bonds. The Morgan fingerprint density at radius 3 is 2.47 bits per heavy atom. The average molecular weight is 251 g/mol. The standard InChI is InChI=1S/C15H13N3O/c1-10-7-8-12(16)9-13(10)15-18-17-14(19-15)11-5-3-2-4-6-11/h2-9H,16H2,1H3. The molecule has 4 nitrogen and oxygen atoms in total. The Labute approximate surface area is 110 Å². The lowest BCUT2D eigenvalue weighted by Gasteiger charge is -2.01. The molecule has 94 valence electrons. The van der Waals surface area contributed by atoms with Crippen molar-refractivity contribution in [3.63, 3.8) is 0 Å². The lowest BCUT2D eigenvalue weighted by molar-refractivity contribution is 0.584. The van der Waals surface area contributed by atoms with E-state index in [1.54, 1.807) is 0 Å². The number of anilines is 1. The average Bonchev–Trinajstić information content (AvgIpc) is 2.92. The second kappa shape index (κ2) is 4.57. The van der Waals surface area contributed by atoms with E-state index in [-0.39, 0.29) is 0 Å². The van der Waals surface area contributed by atoms with Crippen molar-refractivity contribution < 1.29 is 4.42 Å². The molecule has 0 saturated heterocycles. The van der Waals surface area contributed by atoms with Crippen molar-refractivity contribution >= 4 is 5.69 Å². The molecule has 3 rings (SSSR count). The van der Waals surface area contributed by atoms with Gasteiger partial charge in [0.15, 0.2) is 0 Å². The van der Waals surface area contributed by atoms with Crippen LogP contribution >= 0.6 is 0 Å². The minimum absolute atomic E-state index is 0.489. The van der Waals surface area contributed by atoms with Gasteiger partial charge in [-0.2, -0.15) is 0 Å². The van der Waals surface area contributed by atoms with Crippen LogP contribution < -0.4 is 5.73 Å². The van der Waals surface area contributed by atoms with Crippen LogP contribution in [0.4, 0.5) is 5.69 Å². The fourth-order valence-electron chi connectivity index (χ4n) is 1.90. The summed E-state index contributed by atoms with van der Waals surface area (Å²) in [6, 6.07) is 15.3. The molecule has 1 aromatic heterocycles. The summed E-state index contributed by atoms with van der Waals surface area (Å²) in [6.07, 6.45) is 0. The van der Waals surface area contributed by atoms with Crippen molar-refractivity contribution in [2.45, 2.75) is 6.92 Å². The molecule has 0 spiro atoms. The number of aryl methyl sites for hydroxylation is 1. The van der Waals surface area contributed by atoms with Crippen LogP contribution in [-0.2, 0) is 0 Å². The first-order chi connectivity index (χ1) is 9.24. The Bertz CT molecular complexity index is 704. The highest BCUT2D eigenvalue weighted by molar-refractivity contribution is 5.65. The van der Waals surface area contributed by atoms with Gasteiger partial charge < -0.3 is 10.2 Å². The van der Waals surface area contributed by atoms with Crippen LogP contribution in [0.25, 0.3) is 22.9 Å². The topological polar surface area (TPSA) is 64.9 Å². The molecule has 3 aromatic rings. The Kier molecular flexibility index (Phi) is 2.76. The summed E-state index contributed by atoms with van der Waals surface area (Å²) in [5.41, 5.74) is 9.30. The number of nitrogens with zero attached hydrogens (tertiary/aromatic N) is 2. The maximum atomic E-state index is 5.79. The van der Waals surface area contributed by atoms with E-state index in [0.717, 1.165) is 16.7 Å². The predicted octanol–water partition coefficient (Wildman–Crippen LogP) is 3.29. The van der Waals surface area contributed by atoms with Crippen LogP contribution in [0.3, 0.4) is 0 Å². The van der Waals surface area contributed by atoms with Crippen molar-refractivity contribution in [3.8, 4) is 22.9 Å². The third kappa shape index (κ3) is 2.20. The van der Waals surface area contributed by atoms with E-state index in [4.69, 9.17) is 10.2 Å². The monoisotopic (exact) mass is 251 g/mol. The van der Waals surface area contributed by atoms with Crippen LogP contribution in [0.2, 0.25) is 0 Å². The lowest BCUT2D eigenvalue weighted by Crippen LogP contribution is -1.88. The van der Waals surface area contributed by atoms with Gasteiger partial charge in [-0.15, -0.1) is 10.2 Å². The first-order valence-electron chi connectivity index (χ1n) is 5.99. The summed E-state index contributed by atoms with van der Waals surface area (Å²) in [6.45, 7) is 1.99. The smallest absolute Gasteiger partial charge is 0.248 e. The number of hydrogen-bond donors (Lipinski definition) is 1. The summed E-state index contributed by atoms with van der Waals surface area (Å²) in [7, 11) is 0. The summed E-state index contributed by atoms with van der Waals surface area (Å²) >= 11 is 0. The van der Waals surface area contributed by atoms with Gasteiger partial charge in [0, 0.05) is 16.8 Å². The SMILES string of the molecule is Cc1ccc(N)cc1-c1nnc(-c2ccccc2)o1. The Morgan fingerprint density at radius 2 is 1.68 bits per heavy atom. The first kappa shape index (κ1) is 11.5. The zero-order valence-corrected chi connectivity index (χ0v) is 10.5. The van der Waals surface area contributed by atoms with Crippen molar-refractivity contribution in [3.05, 3.63) is 54.1 Å². The third-order valence-electron chi connectivity index (χ3n) is 2.94. The quantitative estimate of drug-likeness (QED) is 0.710. The van der Waals surface area contributed by atoms with E-state index < -0.39 is 0 Å². The van der Waals surface area contributed by atoms with E-state index in [1.807, 2.05) is 55.5 Å². The fourth-order valence-corrected chi connectivity index (χ4v) is 1.90. The van der Waals surface area contributed by atoms with E-state index in [9.17, 15) is 0 Å². The van der Waals surface area contributed by atoms with E-state index in [2.05, 4.69) is 10.2 Å². The molecule has 0 aliphatic heterocycles. The van der Waals surface area contributed by atoms with Gasteiger partial charge in [0.2, 0.25) is 11.8 Å². The van der Waals surface area contributed by atoms with Gasteiger partial charge in [0.05, 0.1) is 0 Å². The number of benzene rings is 2. The maximum Gasteiger partial charge on any atom is 0.248 e. The Balaban J connectivity index is 2.04. The molecular weight excluding hydrogens is 238 g/mol. The van der Waals surface area contributed by atoms with Crippen LogP contribution in [0, 0.1) is 6.92 Å². The largest absolute Gasteiger partial charge is 0.416 e. The number of rotatable bonds is 2. The molecule has 4 heteroatoms. The second-order valence-corrected chi connectivity index (χ2v) is 4.35. The number of hydrogen-bond acceptors (Lipinski definition) is 4. The second-order valence-electron chi connectivity index (χ2n) is 4.35. The van der Waals surface area contributed by atoms with E-state index in [1.165, 1.54) is 0 Å². The zero-order valence-electron chi connectivity index (χ0n) is 10.5. The first-order valence-corrected chi connectivity index (χ1v) is 5.99. The summed E-state index contributed by atoms with van der Waals surface area (Å²) in [5.74, 6) is 1.00. The molecular formula is C15H13N3O. The maximum absolute atomic E-state index is 5.79. The highest BCUT2D eigenvalue weighted by Crippen LogP contribution is 2.27. The summed E-state index contributed by atoms with van der Waals surface area (Å²) in [4.78, 5) is 0. The molecule has 0 aliphatic rings. The van der Waals surface area contributed by atoms with Crippen LogP contribution in [0.5, 0.6) is 0 Å². The van der Waals surface area contributed by atoms with Crippen molar-refractivity contribution in [2.24, 2.45) is 0 Å².